The molecule has 0 aromatic heterocycles. The maximum absolute atomic E-state index is 11.7. The molecule has 2 fully saturated rings. The SMILES string of the molecule is CCCCC(=O)OCC[C@@H]1OC2(CCCCC2)O[C@H]1c1ccccc1. The first-order valence-electron chi connectivity index (χ1n) is 9.79. The molecule has 25 heavy (non-hydrogen) atoms. The minimum atomic E-state index is -0.435. The van der Waals surface area contributed by atoms with E-state index in [-0.39, 0.29) is 18.2 Å². The first-order chi connectivity index (χ1) is 12.2. The van der Waals surface area contributed by atoms with Crippen LogP contribution in [0.15, 0.2) is 30.3 Å². The van der Waals surface area contributed by atoms with Crippen LogP contribution in [-0.2, 0) is 19.0 Å². The van der Waals surface area contributed by atoms with E-state index in [9.17, 15) is 4.79 Å². The van der Waals surface area contributed by atoms with Crippen molar-refractivity contribution in [1.82, 2.24) is 0 Å². The zero-order chi connectivity index (χ0) is 17.5. The van der Waals surface area contributed by atoms with E-state index in [1.165, 1.54) is 6.42 Å². The lowest BCUT2D eigenvalue weighted by Gasteiger charge is -2.32. The average Bonchev–Trinajstić information content (AvgIpc) is 2.99. The second kappa shape index (κ2) is 8.81. The molecule has 4 heteroatoms. The highest BCUT2D eigenvalue weighted by Gasteiger charge is 2.48. The van der Waals surface area contributed by atoms with Crippen molar-refractivity contribution < 1.29 is 19.0 Å². The van der Waals surface area contributed by atoms with Crippen LogP contribution in [0.3, 0.4) is 0 Å². The minimum absolute atomic E-state index is 0.0560. The fourth-order valence-corrected chi connectivity index (χ4v) is 3.82. The molecular weight excluding hydrogens is 316 g/mol. The third-order valence-electron chi connectivity index (χ3n) is 5.19. The maximum Gasteiger partial charge on any atom is 0.305 e. The molecule has 1 aromatic rings. The Balaban J connectivity index is 1.61. The average molecular weight is 346 g/mol. The fraction of sp³-hybridized carbons (Fsp3) is 0.667. The summed E-state index contributed by atoms with van der Waals surface area (Å²) < 4.78 is 18.2. The normalized spacial score (nSPS) is 25.2. The highest BCUT2D eigenvalue weighted by atomic mass is 16.8. The van der Waals surface area contributed by atoms with E-state index in [0.29, 0.717) is 19.4 Å². The van der Waals surface area contributed by atoms with E-state index < -0.39 is 5.79 Å². The van der Waals surface area contributed by atoms with Crippen molar-refractivity contribution in [2.75, 3.05) is 6.61 Å². The van der Waals surface area contributed by atoms with Gasteiger partial charge in [0.05, 0.1) is 12.7 Å². The third-order valence-corrected chi connectivity index (χ3v) is 5.19. The Morgan fingerprint density at radius 1 is 1.16 bits per heavy atom. The van der Waals surface area contributed by atoms with Crippen LogP contribution in [0.25, 0.3) is 0 Å². The summed E-state index contributed by atoms with van der Waals surface area (Å²) in [7, 11) is 0. The van der Waals surface area contributed by atoms with Gasteiger partial charge in [-0.05, 0) is 24.8 Å². The second-order valence-corrected chi connectivity index (χ2v) is 7.19. The lowest BCUT2D eigenvalue weighted by Crippen LogP contribution is -2.33. The molecule has 3 rings (SSSR count). The molecule has 1 aliphatic carbocycles. The summed E-state index contributed by atoms with van der Waals surface area (Å²) in [6.45, 7) is 2.47. The molecule has 2 aliphatic rings. The lowest BCUT2D eigenvalue weighted by molar-refractivity contribution is -0.195. The fourth-order valence-electron chi connectivity index (χ4n) is 3.82. The van der Waals surface area contributed by atoms with Gasteiger partial charge in [0.15, 0.2) is 5.79 Å². The van der Waals surface area contributed by atoms with Crippen LogP contribution in [0, 0.1) is 0 Å². The molecule has 1 heterocycles. The second-order valence-electron chi connectivity index (χ2n) is 7.19. The third kappa shape index (κ3) is 4.83. The van der Waals surface area contributed by atoms with E-state index >= 15 is 0 Å². The smallest absolute Gasteiger partial charge is 0.305 e. The molecule has 1 aliphatic heterocycles. The lowest BCUT2D eigenvalue weighted by atomic mass is 9.94. The van der Waals surface area contributed by atoms with Gasteiger partial charge in [0.1, 0.15) is 6.10 Å². The van der Waals surface area contributed by atoms with Crippen molar-refractivity contribution in [1.29, 1.82) is 0 Å². The van der Waals surface area contributed by atoms with Gasteiger partial charge >= 0.3 is 5.97 Å². The number of rotatable bonds is 7. The molecule has 1 saturated carbocycles. The summed E-state index contributed by atoms with van der Waals surface area (Å²) in [5, 5.41) is 0. The molecule has 0 N–H and O–H groups in total. The van der Waals surface area contributed by atoms with Crippen molar-refractivity contribution in [2.45, 2.75) is 82.7 Å². The van der Waals surface area contributed by atoms with Crippen LogP contribution in [0.5, 0.6) is 0 Å². The number of unbranched alkanes of at least 4 members (excludes halogenated alkanes) is 1. The highest BCUT2D eigenvalue weighted by Crippen LogP contribution is 2.46. The van der Waals surface area contributed by atoms with Crippen molar-refractivity contribution in [2.24, 2.45) is 0 Å². The Bertz CT molecular complexity index is 536. The van der Waals surface area contributed by atoms with Crippen molar-refractivity contribution in [3.05, 3.63) is 35.9 Å². The minimum Gasteiger partial charge on any atom is -0.466 e. The number of ether oxygens (including phenoxy) is 3. The van der Waals surface area contributed by atoms with Crippen LogP contribution >= 0.6 is 0 Å². The Morgan fingerprint density at radius 3 is 2.64 bits per heavy atom. The van der Waals surface area contributed by atoms with Gasteiger partial charge in [0, 0.05) is 25.7 Å². The molecule has 1 saturated heterocycles. The Hall–Kier alpha value is -1.39. The first kappa shape index (κ1) is 18.4. The van der Waals surface area contributed by atoms with Crippen LogP contribution in [0.4, 0.5) is 0 Å². The standard InChI is InChI=1S/C21H30O4/c1-2-3-12-19(22)23-16-13-18-20(17-10-6-4-7-11-17)25-21(24-18)14-8-5-9-15-21/h4,6-7,10-11,18,20H,2-3,5,8-9,12-16H2,1H3/t18-,20-/m0/s1. The largest absolute Gasteiger partial charge is 0.466 e. The molecule has 1 spiro atoms. The van der Waals surface area contributed by atoms with E-state index in [0.717, 1.165) is 44.1 Å². The number of carbonyl (C=O) groups is 1. The van der Waals surface area contributed by atoms with Crippen molar-refractivity contribution in [3.8, 4) is 0 Å². The first-order valence-corrected chi connectivity index (χ1v) is 9.79. The van der Waals surface area contributed by atoms with Crippen LogP contribution < -0.4 is 0 Å². The predicted octanol–water partition coefficient (Wildman–Crippen LogP) is 4.93. The molecular formula is C21H30O4. The van der Waals surface area contributed by atoms with E-state index in [4.69, 9.17) is 14.2 Å². The summed E-state index contributed by atoms with van der Waals surface area (Å²) in [5.74, 6) is -0.542. The molecule has 0 unspecified atom stereocenters. The van der Waals surface area contributed by atoms with Gasteiger partial charge in [-0.3, -0.25) is 4.79 Å². The van der Waals surface area contributed by atoms with Gasteiger partial charge in [-0.25, -0.2) is 0 Å². The van der Waals surface area contributed by atoms with Crippen molar-refractivity contribution >= 4 is 5.97 Å². The van der Waals surface area contributed by atoms with Crippen molar-refractivity contribution in [3.63, 3.8) is 0 Å². The molecule has 0 amide bonds. The van der Waals surface area contributed by atoms with Crippen LogP contribution in [0.1, 0.15) is 76.4 Å². The summed E-state index contributed by atoms with van der Waals surface area (Å²) in [4.78, 5) is 11.7. The molecule has 2 atom stereocenters. The Kier molecular flexibility index (Phi) is 6.49. The van der Waals surface area contributed by atoms with E-state index in [1.54, 1.807) is 0 Å². The summed E-state index contributed by atoms with van der Waals surface area (Å²) in [5.41, 5.74) is 1.15. The summed E-state index contributed by atoms with van der Waals surface area (Å²) >= 11 is 0. The number of esters is 1. The number of hydrogen-bond donors (Lipinski definition) is 0. The zero-order valence-corrected chi connectivity index (χ0v) is 15.2. The zero-order valence-electron chi connectivity index (χ0n) is 15.2. The number of benzene rings is 1. The van der Waals surface area contributed by atoms with E-state index in [2.05, 4.69) is 19.1 Å². The van der Waals surface area contributed by atoms with Gasteiger partial charge in [0.25, 0.3) is 0 Å². The Morgan fingerprint density at radius 2 is 1.92 bits per heavy atom. The summed E-state index contributed by atoms with van der Waals surface area (Å²) in [6, 6.07) is 10.3. The number of carbonyl (C=O) groups excluding carboxylic acids is 1. The topological polar surface area (TPSA) is 44.8 Å². The van der Waals surface area contributed by atoms with Crippen LogP contribution in [-0.4, -0.2) is 24.5 Å². The van der Waals surface area contributed by atoms with E-state index in [1.807, 2.05) is 18.2 Å². The monoisotopic (exact) mass is 346 g/mol. The van der Waals surface area contributed by atoms with Crippen LogP contribution in [0.2, 0.25) is 0 Å². The maximum atomic E-state index is 11.7. The molecule has 138 valence electrons. The summed E-state index contributed by atoms with van der Waals surface area (Å²) in [6.07, 6.45) is 8.43. The molecule has 1 aromatic carbocycles. The highest BCUT2D eigenvalue weighted by molar-refractivity contribution is 5.69. The predicted molar refractivity (Wildman–Crippen MR) is 96.1 cm³/mol. The number of hydrogen-bond acceptors (Lipinski definition) is 4. The Labute approximate surface area is 150 Å². The van der Waals surface area contributed by atoms with Gasteiger partial charge in [-0.1, -0.05) is 50.1 Å². The quantitative estimate of drug-likeness (QED) is 0.657. The molecule has 4 nitrogen and oxygen atoms in total. The molecule has 0 bridgehead atoms. The van der Waals surface area contributed by atoms with Gasteiger partial charge in [0.2, 0.25) is 0 Å². The van der Waals surface area contributed by atoms with Gasteiger partial charge in [-0.15, -0.1) is 0 Å². The van der Waals surface area contributed by atoms with Gasteiger partial charge < -0.3 is 14.2 Å². The van der Waals surface area contributed by atoms with Gasteiger partial charge in [-0.2, -0.15) is 0 Å². The molecule has 0 radical (unpaired) electrons.